The van der Waals surface area contributed by atoms with Gasteiger partial charge >= 0.3 is 5.97 Å². The molecule has 0 saturated heterocycles. The molecule has 4 rings (SSSR count). The number of thiazole rings is 1. The first-order chi connectivity index (χ1) is 15.9. The van der Waals surface area contributed by atoms with E-state index in [2.05, 4.69) is 22.0 Å². The van der Waals surface area contributed by atoms with E-state index < -0.39 is 5.97 Å². The van der Waals surface area contributed by atoms with E-state index in [4.69, 9.17) is 9.84 Å². The van der Waals surface area contributed by atoms with Gasteiger partial charge in [0.25, 0.3) is 0 Å². The molecule has 0 radical (unpaired) electrons. The fourth-order valence-electron chi connectivity index (χ4n) is 3.53. The van der Waals surface area contributed by atoms with Crippen molar-refractivity contribution < 1.29 is 19.0 Å². The van der Waals surface area contributed by atoms with E-state index in [9.17, 15) is 9.18 Å². The van der Waals surface area contributed by atoms with E-state index in [0.29, 0.717) is 23.3 Å². The maximum Gasteiger partial charge on any atom is 0.335 e. The van der Waals surface area contributed by atoms with Crippen molar-refractivity contribution in [1.82, 2.24) is 4.98 Å². The highest BCUT2D eigenvalue weighted by atomic mass is 32.1. The van der Waals surface area contributed by atoms with Crippen molar-refractivity contribution in [2.45, 2.75) is 32.9 Å². The van der Waals surface area contributed by atoms with E-state index in [1.54, 1.807) is 18.2 Å². The zero-order valence-corrected chi connectivity index (χ0v) is 19.3. The lowest BCUT2D eigenvalue weighted by Gasteiger charge is -2.22. The largest absolute Gasteiger partial charge is 0.491 e. The summed E-state index contributed by atoms with van der Waals surface area (Å²) in [6.07, 6.45) is 0.895. The van der Waals surface area contributed by atoms with Crippen LogP contribution < -0.4 is 9.64 Å². The van der Waals surface area contributed by atoms with Crippen LogP contribution in [-0.4, -0.2) is 28.7 Å². The zero-order valence-electron chi connectivity index (χ0n) is 18.5. The molecule has 0 aliphatic carbocycles. The van der Waals surface area contributed by atoms with Crippen molar-refractivity contribution in [3.05, 3.63) is 89.2 Å². The third-order valence-corrected chi connectivity index (χ3v) is 6.31. The van der Waals surface area contributed by atoms with E-state index in [1.165, 1.54) is 17.4 Å². The van der Waals surface area contributed by atoms with Crippen LogP contribution in [0, 0.1) is 5.82 Å². The van der Waals surface area contributed by atoms with Crippen LogP contribution in [-0.2, 0) is 13.0 Å². The Morgan fingerprint density at radius 2 is 1.76 bits per heavy atom. The summed E-state index contributed by atoms with van der Waals surface area (Å²) in [5.41, 5.74) is 3.00. The van der Waals surface area contributed by atoms with Crippen molar-refractivity contribution in [2.24, 2.45) is 0 Å². The van der Waals surface area contributed by atoms with Crippen LogP contribution in [0.25, 0.3) is 10.2 Å². The lowest BCUT2D eigenvalue weighted by atomic mass is 10.1. The quantitative estimate of drug-likeness (QED) is 0.321. The Morgan fingerprint density at radius 1 is 1.06 bits per heavy atom. The number of halogens is 1. The number of hydrogen-bond donors (Lipinski definition) is 1. The molecular weight excluding hydrogens is 439 g/mol. The van der Waals surface area contributed by atoms with Gasteiger partial charge in [0.15, 0.2) is 5.13 Å². The number of rotatable bonds is 9. The van der Waals surface area contributed by atoms with E-state index in [0.717, 1.165) is 28.4 Å². The predicted octanol–water partition coefficient (Wildman–Crippen LogP) is 6.17. The molecule has 0 aliphatic rings. The monoisotopic (exact) mass is 464 g/mol. The van der Waals surface area contributed by atoms with Gasteiger partial charge in [-0.1, -0.05) is 41.7 Å². The van der Waals surface area contributed by atoms with Gasteiger partial charge < -0.3 is 14.7 Å². The summed E-state index contributed by atoms with van der Waals surface area (Å²) >= 11 is 1.33. The second-order valence-corrected chi connectivity index (χ2v) is 9.05. The molecule has 1 aromatic heterocycles. The zero-order chi connectivity index (χ0) is 23.4. The van der Waals surface area contributed by atoms with Gasteiger partial charge in [0.1, 0.15) is 11.6 Å². The summed E-state index contributed by atoms with van der Waals surface area (Å²) in [7, 11) is 0. The van der Waals surface area contributed by atoms with Crippen LogP contribution in [0.3, 0.4) is 0 Å². The van der Waals surface area contributed by atoms with Gasteiger partial charge in [-0.2, -0.15) is 0 Å². The van der Waals surface area contributed by atoms with Crippen molar-refractivity contribution >= 4 is 32.7 Å². The first-order valence-corrected chi connectivity index (χ1v) is 11.6. The summed E-state index contributed by atoms with van der Waals surface area (Å²) in [5, 5.41) is 9.89. The highest BCUT2D eigenvalue weighted by Gasteiger charge is 2.16. The number of anilines is 1. The van der Waals surface area contributed by atoms with Crippen molar-refractivity contribution in [2.75, 3.05) is 11.4 Å². The van der Waals surface area contributed by atoms with Crippen LogP contribution in [0.4, 0.5) is 9.52 Å². The number of ether oxygens (including phenoxy) is 1. The third kappa shape index (κ3) is 5.68. The number of carboxylic acid groups (broad SMARTS) is 1. The molecule has 4 aromatic rings. The summed E-state index contributed by atoms with van der Waals surface area (Å²) in [5.74, 6) is -0.390. The smallest absolute Gasteiger partial charge is 0.335 e. The number of fused-ring (bicyclic) bond motifs is 1. The van der Waals surface area contributed by atoms with Gasteiger partial charge in [-0.3, -0.25) is 0 Å². The first-order valence-electron chi connectivity index (χ1n) is 10.8. The number of benzene rings is 3. The summed E-state index contributed by atoms with van der Waals surface area (Å²) < 4.78 is 20.5. The second-order valence-electron chi connectivity index (χ2n) is 8.07. The Kier molecular flexibility index (Phi) is 6.89. The number of hydrogen-bond acceptors (Lipinski definition) is 5. The SMILES string of the molecule is CC(C)Oc1ccc(CCN(Cc2ccc(C(=O)O)cc2)c2nc3cccc(F)c3s2)cc1. The van der Waals surface area contributed by atoms with Gasteiger partial charge in [-0.25, -0.2) is 14.2 Å². The molecule has 0 amide bonds. The minimum absolute atomic E-state index is 0.123. The summed E-state index contributed by atoms with van der Waals surface area (Å²) in [6, 6.07) is 19.8. The number of aromatic carboxylic acids is 1. The van der Waals surface area contributed by atoms with Crippen molar-refractivity contribution in [3.63, 3.8) is 0 Å². The van der Waals surface area contributed by atoms with Gasteiger partial charge in [0.2, 0.25) is 0 Å². The van der Waals surface area contributed by atoms with Crippen LogP contribution in [0.15, 0.2) is 66.7 Å². The Morgan fingerprint density at radius 3 is 2.39 bits per heavy atom. The number of nitrogens with zero attached hydrogens (tertiary/aromatic N) is 2. The third-order valence-electron chi connectivity index (χ3n) is 5.17. The summed E-state index contributed by atoms with van der Waals surface area (Å²) in [6.45, 7) is 5.20. The molecule has 3 aromatic carbocycles. The van der Waals surface area contributed by atoms with E-state index >= 15 is 0 Å². The highest BCUT2D eigenvalue weighted by Crippen LogP contribution is 2.31. The summed E-state index contributed by atoms with van der Waals surface area (Å²) in [4.78, 5) is 17.9. The number of aromatic nitrogens is 1. The molecule has 170 valence electrons. The molecule has 0 fully saturated rings. The molecule has 0 bridgehead atoms. The number of carboxylic acids is 1. The molecule has 1 N–H and O–H groups in total. The Hall–Kier alpha value is -3.45. The van der Waals surface area contributed by atoms with E-state index in [1.807, 2.05) is 44.2 Å². The van der Waals surface area contributed by atoms with Crippen LogP contribution in [0.2, 0.25) is 0 Å². The Balaban J connectivity index is 1.56. The molecular formula is C26H25FN2O3S. The van der Waals surface area contributed by atoms with E-state index in [-0.39, 0.29) is 17.5 Å². The predicted molar refractivity (Wildman–Crippen MR) is 130 cm³/mol. The number of carbonyl (C=O) groups is 1. The van der Waals surface area contributed by atoms with Gasteiger partial charge in [-0.05, 0) is 67.8 Å². The molecule has 0 atom stereocenters. The first kappa shape index (κ1) is 22.7. The van der Waals surface area contributed by atoms with Gasteiger partial charge in [-0.15, -0.1) is 0 Å². The van der Waals surface area contributed by atoms with Crippen LogP contribution >= 0.6 is 11.3 Å². The maximum absolute atomic E-state index is 14.3. The topological polar surface area (TPSA) is 62.7 Å². The molecule has 33 heavy (non-hydrogen) atoms. The molecule has 5 nitrogen and oxygen atoms in total. The molecule has 0 saturated carbocycles. The minimum Gasteiger partial charge on any atom is -0.491 e. The lowest BCUT2D eigenvalue weighted by molar-refractivity contribution is 0.0697. The van der Waals surface area contributed by atoms with Crippen LogP contribution in [0.5, 0.6) is 5.75 Å². The fraction of sp³-hybridized carbons (Fsp3) is 0.231. The molecule has 0 unspecified atom stereocenters. The lowest BCUT2D eigenvalue weighted by Crippen LogP contribution is -2.25. The maximum atomic E-state index is 14.3. The van der Waals surface area contributed by atoms with Gasteiger partial charge in [0, 0.05) is 13.1 Å². The highest BCUT2D eigenvalue weighted by molar-refractivity contribution is 7.22. The van der Waals surface area contributed by atoms with Crippen molar-refractivity contribution in [1.29, 1.82) is 0 Å². The Bertz CT molecular complexity index is 1240. The normalized spacial score (nSPS) is 11.2. The molecule has 0 spiro atoms. The minimum atomic E-state index is -0.954. The fourth-order valence-corrected chi connectivity index (χ4v) is 4.52. The molecule has 7 heteroatoms. The average Bonchev–Trinajstić information content (AvgIpc) is 3.23. The second kappa shape index (κ2) is 10.0. The Labute approximate surface area is 196 Å². The average molecular weight is 465 g/mol. The molecule has 1 heterocycles. The molecule has 0 aliphatic heterocycles. The van der Waals surface area contributed by atoms with Gasteiger partial charge in [0.05, 0.1) is 21.9 Å². The van der Waals surface area contributed by atoms with Crippen LogP contribution in [0.1, 0.15) is 35.3 Å². The van der Waals surface area contributed by atoms with Crippen molar-refractivity contribution in [3.8, 4) is 5.75 Å². The standard InChI is InChI=1S/C26H25FN2O3S/c1-17(2)32-21-12-8-18(9-13-21)14-15-29(16-19-6-10-20(11-7-19)25(30)31)26-28-23-5-3-4-22(27)24(23)33-26/h3-13,17H,14-16H2,1-2H3,(H,30,31).